The fourth-order valence-corrected chi connectivity index (χ4v) is 2.91. The number of nitrogens with one attached hydrogen (secondary N) is 2. The standard InChI is InChI=1S/C14H16FN3O2S/c1-2-16-10-11-6-3-4-8-13(11)18-21(19,20)14-12(15)7-5-9-17-14/h3-9,16,18H,2,10H2,1H3. The molecule has 1 aromatic heterocycles. The van der Waals surface area contributed by atoms with Gasteiger partial charge >= 0.3 is 0 Å². The third kappa shape index (κ3) is 3.77. The van der Waals surface area contributed by atoms with Crippen LogP contribution in [0.3, 0.4) is 0 Å². The van der Waals surface area contributed by atoms with E-state index in [0.717, 1.165) is 18.2 Å². The lowest BCUT2D eigenvalue weighted by Crippen LogP contribution is -2.19. The maximum Gasteiger partial charge on any atom is 0.282 e. The van der Waals surface area contributed by atoms with Crippen molar-refractivity contribution in [2.45, 2.75) is 18.5 Å². The van der Waals surface area contributed by atoms with Gasteiger partial charge in [0.05, 0.1) is 5.69 Å². The molecule has 0 amide bonds. The molecule has 2 rings (SSSR count). The molecule has 0 spiro atoms. The molecule has 5 nitrogen and oxygen atoms in total. The van der Waals surface area contributed by atoms with E-state index in [1.165, 1.54) is 12.3 Å². The van der Waals surface area contributed by atoms with Crippen LogP contribution >= 0.6 is 0 Å². The Balaban J connectivity index is 2.31. The lowest BCUT2D eigenvalue weighted by Gasteiger charge is -2.12. The predicted molar refractivity (Wildman–Crippen MR) is 78.8 cm³/mol. The molecule has 1 heterocycles. The maximum absolute atomic E-state index is 13.6. The van der Waals surface area contributed by atoms with Gasteiger partial charge in [-0.15, -0.1) is 0 Å². The second kappa shape index (κ2) is 6.64. The first kappa shape index (κ1) is 15.4. The molecule has 0 aliphatic heterocycles. The summed E-state index contributed by atoms with van der Waals surface area (Å²) in [6.45, 7) is 3.23. The quantitative estimate of drug-likeness (QED) is 0.857. The van der Waals surface area contributed by atoms with Gasteiger partial charge in [0.15, 0.2) is 5.82 Å². The van der Waals surface area contributed by atoms with Crippen LogP contribution < -0.4 is 10.0 Å². The van der Waals surface area contributed by atoms with Crippen LogP contribution in [0.5, 0.6) is 0 Å². The highest BCUT2D eigenvalue weighted by Gasteiger charge is 2.21. The Bertz CT molecular complexity index is 720. The van der Waals surface area contributed by atoms with Crippen molar-refractivity contribution in [2.24, 2.45) is 0 Å². The number of sulfonamides is 1. The lowest BCUT2D eigenvalue weighted by atomic mass is 10.2. The minimum Gasteiger partial charge on any atom is -0.313 e. The van der Waals surface area contributed by atoms with Gasteiger partial charge in [-0.1, -0.05) is 25.1 Å². The molecule has 0 saturated heterocycles. The monoisotopic (exact) mass is 309 g/mol. The SMILES string of the molecule is CCNCc1ccccc1NS(=O)(=O)c1ncccc1F. The van der Waals surface area contributed by atoms with Gasteiger partial charge in [0.1, 0.15) is 0 Å². The molecule has 0 radical (unpaired) electrons. The summed E-state index contributed by atoms with van der Waals surface area (Å²) >= 11 is 0. The maximum atomic E-state index is 13.6. The summed E-state index contributed by atoms with van der Waals surface area (Å²) in [6.07, 6.45) is 1.24. The number of hydrogen-bond acceptors (Lipinski definition) is 4. The van der Waals surface area contributed by atoms with E-state index >= 15 is 0 Å². The van der Waals surface area contributed by atoms with Gasteiger partial charge in [-0.05, 0) is 30.3 Å². The van der Waals surface area contributed by atoms with E-state index < -0.39 is 20.9 Å². The molecule has 0 aliphatic rings. The van der Waals surface area contributed by atoms with E-state index in [1.807, 2.05) is 13.0 Å². The molecule has 0 unspecified atom stereocenters. The first-order valence-electron chi connectivity index (χ1n) is 6.46. The predicted octanol–water partition coefficient (Wildman–Crippen LogP) is 2.13. The van der Waals surface area contributed by atoms with Crippen LogP contribution in [-0.2, 0) is 16.6 Å². The summed E-state index contributed by atoms with van der Waals surface area (Å²) in [4.78, 5) is 3.60. The van der Waals surface area contributed by atoms with Crippen LogP contribution in [0.2, 0.25) is 0 Å². The number of rotatable bonds is 6. The van der Waals surface area contributed by atoms with Crippen molar-refractivity contribution in [3.05, 3.63) is 54.0 Å². The lowest BCUT2D eigenvalue weighted by molar-refractivity contribution is 0.556. The zero-order valence-electron chi connectivity index (χ0n) is 11.5. The number of anilines is 1. The third-order valence-electron chi connectivity index (χ3n) is 2.81. The van der Waals surface area contributed by atoms with Gasteiger partial charge in [-0.3, -0.25) is 4.72 Å². The molecule has 7 heteroatoms. The first-order valence-corrected chi connectivity index (χ1v) is 7.95. The molecule has 1 aromatic carbocycles. The Kier molecular flexibility index (Phi) is 4.87. The Morgan fingerprint density at radius 2 is 1.95 bits per heavy atom. The number of pyridine rings is 1. The summed E-state index contributed by atoms with van der Waals surface area (Å²) in [5.74, 6) is -0.880. The Morgan fingerprint density at radius 1 is 1.19 bits per heavy atom. The fraction of sp³-hybridized carbons (Fsp3) is 0.214. The first-order chi connectivity index (χ1) is 10.0. The van der Waals surface area contributed by atoms with Crippen molar-refractivity contribution < 1.29 is 12.8 Å². The third-order valence-corrected chi connectivity index (χ3v) is 4.10. The summed E-state index contributed by atoms with van der Waals surface area (Å²) in [5.41, 5.74) is 1.18. The van der Waals surface area contributed by atoms with Crippen LogP contribution in [-0.4, -0.2) is 19.9 Å². The van der Waals surface area contributed by atoms with Gasteiger partial charge in [0, 0.05) is 12.7 Å². The molecular formula is C14H16FN3O2S. The van der Waals surface area contributed by atoms with E-state index in [4.69, 9.17) is 0 Å². The van der Waals surface area contributed by atoms with Crippen molar-refractivity contribution in [2.75, 3.05) is 11.3 Å². The van der Waals surface area contributed by atoms with Crippen molar-refractivity contribution in [1.29, 1.82) is 0 Å². The molecule has 2 aromatic rings. The zero-order valence-corrected chi connectivity index (χ0v) is 12.3. The van der Waals surface area contributed by atoms with Crippen LogP contribution in [0.15, 0.2) is 47.6 Å². The highest BCUT2D eigenvalue weighted by Crippen LogP contribution is 2.20. The minimum absolute atomic E-state index is 0.406. The summed E-state index contributed by atoms with van der Waals surface area (Å²) < 4.78 is 40.4. The average molecular weight is 309 g/mol. The van der Waals surface area contributed by atoms with Gasteiger partial charge in [0.2, 0.25) is 5.03 Å². The van der Waals surface area contributed by atoms with E-state index in [0.29, 0.717) is 12.2 Å². The van der Waals surface area contributed by atoms with Gasteiger partial charge in [-0.2, -0.15) is 8.42 Å². The number of halogens is 1. The van der Waals surface area contributed by atoms with Gasteiger partial charge < -0.3 is 5.32 Å². The summed E-state index contributed by atoms with van der Waals surface area (Å²) in [6, 6.07) is 9.35. The molecule has 0 saturated carbocycles. The molecule has 112 valence electrons. The molecule has 21 heavy (non-hydrogen) atoms. The van der Waals surface area contributed by atoms with E-state index in [9.17, 15) is 12.8 Å². The van der Waals surface area contributed by atoms with E-state index in [2.05, 4.69) is 15.0 Å². The molecule has 2 N–H and O–H groups in total. The van der Waals surface area contributed by atoms with Crippen molar-refractivity contribution >= 4 is 15.7 Å². The molecule has 0 aliphatic carbocycles. The summed E-state index contributed by atoms with van der Waals surface area (Å²) in [7, 11) is -4.06. The topological polar surface area (TPSA) is 71.1 Å². The van der Waals surface area contributed by atoms with Gasteiger partial charge in [-0.25, -0.2) is 9.37 Å². The number of benzene rings is 1. The Labute approximate surface area is 123 Å². The Morgan fingerprint density at radius 3 is 2.67 bits per heavy atom. The normalized spacial score (nSPS) is 11.3. The number of nitrogens with zero attached hydrogens (tertiary/aromatic N) is 1. The average Bonchev–Trinajstić information content (AvgIpc) is 2.46. The van der Waals surface area contributed by atoms with Crippen LogP contribution in [0.4, 0.5) is 10.1 Å². The van der Waals surface area contributed by atoms with Gasteiger partial charge in [0.25, 0.3) is 10.0 Å². The second-order valence-electron chi connectivity index (χ2n) is 4.33. The van der Waals surface area contributed by atoms with Crippen LogP contribution in [0.25, 0.3) is 0 Å². The number of aromatic nitrogens is 1. The van der Waals surface area contributed by atoms with Crippen molar-refractivity contribution in [3.8, 4) is 0 Å². The molecule has 0 bridgehead atoms. The largest absolute Gasteiger partial charge is 0.313 e. The number of hydrogen-bond donors (Lipinski definition) is 2. The second-order valence-corrected chi connectivity index (χ2v) is 5.93. The van der Waals surface area contributed by atoms with E-state index in [1.54, 1.807) is 18.2 Å². The minimum atomic E-state index is -4.06. The Hall–Kier alpha value is -1.99. The highest BCUT2D eigenvalue weighted by atomic mass is 32.2. The van der Waals surface area contributed by atoms with Crippen molar-refractivity contribution in [3.63, 3.8) is 0 Å². The molecule has 0 atom stereocenters. The van der Waals surface area contributed by atoms with Crippen LogP contribution in [0, 0.1) is 5.82 Å². The number of para-hydroxylation sites is 1. The van der Waals surface area contributed by atoms with E-state index in [-0.39, 0.29) is 0 Å². The smallest absolute Gasteiger partial charge is 0.282 e. The zero-order chi connectivity index (χ0) is 15.3. The fourth-order valence-electron chi connectivity index (χ4n) is 1.80. The van der Waals surface area contributed by atoms with Crippen molar-refractivity contribution in [1.82, 2.24) is 10.3 Å². The molecule has 0 fully saturated rings. The van der Waals surface area contributed by atoms with Crippen LogP contribution in [0.1, 0.15) is 12.5 Å². The highest BCUT2D eigenvalue weighted by molar-refractivity contribution is 7.92. The molecular weight excluding hydrogens is 293 g/mol. The summed E-state index contributed by atoms with van der Waals surface area (Å²) in [5, 5.41) is 2.51.